The van der Waals surface area contributed by atoms with Crippen LogP contribution in [0.5, 0.6) is 0 Å². The first-order chi connectivity index (χ1) is 6.79. The van der Waals surface area contributed by atoms with Gasteiger partial charge in [-0.1, -0.05) is 18.2 Å². The molecule has 0 atom stereocenters. The smallest absolute Gasteiger partial charge is 0.338 e. The van der Waals surface area contributed by atoms with Crippen molar-refractivity contribution in [2.24, 2.45) is 5.73 Å². The molecule has 0 amide bonds. The molecular formula is C11H15NO2. The Bertz CT molecular complexity index is 310. The Morgan fingerprint density at radius 3 is 2.79 bits per heavy atom. The average molecular weight is 193 g/mol. The molecular weight excluding hydrogens is 178 g/mol. The van der Waals surface area contributed by atoms with Crippen LogP contribution in [-0.4, -0.2) is 19.1 Å². The van der Waals surface area contributed by atoms with Gasteiger partial charge in [0.15, 0.2) is 0 Å². The molecule has 0 unspecified atom stereocenters. The van der Waals surface area contributed by atoms with Gasteiger partial charge >= 0.3 is 5.97 Å². The lowest BCUT2D eigenvalue weighted by molar-refractivity contribution is 0.0525. The number of ether oxygens (including phenoxy) is 1. The third-order valence-electron chi connectivity index (χ3n) is 1.93. The van der Waals surface area contributed by atoms with Crippen molar-refractivity contribution < 1.29 is 9.53 Å². The molecule has 0 saturated carbocycles. The van der Waals surface area contributed by atoms with E-state index in [1.165, 1.54) is 0 Å². The minimum Gasteiger partial charge on any atom is -0.462 e. The van der Waals surface area contributed by atoms with Gasteiger partial charge in [-0.25, -0.2) is 4.79 Å². The number of hydrogen-bond acceptors (Lipinski definition) is 3. The van der Waals surface area contributed by atoms with Gasteiger partial charge in [0.2, 0.25) is 0 Å². The number of carbonyl (C=O) groups is 1. The Morgan fingerprint density at radius 1 is 1.43 bits per heavy atom. The van der Waals surface area contributed by atoms with Crippen LogP contribution in [0.2, 0.25) is 0 Å². The summed E-state index contributed by atoms with van der Waals surface area (Å²) >= 11 is 0. The van der Waals surface area contributed by atoms with Crippen LogP contribution in [0.4, 0.5) is 0 Å². The van der Waals surface area contributed by atoms with Gasteiger partial charge in [0, 0.05) is 0 Å². The first kappa shape index (κ1) is 10.7. The van der Waals surface area contributed by atoms with E-state index in [1.54, 1.807) is 13.0 Å². The predicted molar refractivity (Wildman–Crippen MR) is 55.2 cm³/mol. The first-order valence-corrected chi connectivity index (χ1v) is 4.74. The van der Waals surface area contributed by atoms with E-state index in [9.17, 15) is 4.79 Å². The van der Waals surface area contributed by atoms with Crippen molar-refractivity contribution in [3.63, 3.8) is 0 Å². The van der Waals surface area contributed by atoms with E-state index in [0.717, 1.165) is 5.56 Å². The van der Waals surface area contributed by atoms with Crippen LogP contribution in [0.25, 0.3) is 0 Å². The molecule has 3 nitrogen and oxygen atoms in total. The molecule has 76 valence electrons. The molecule has 0 fully saturated rings. The number of nitrogens with two attached hydrogens (primary N) is 1. The first-order valence-electron chi connectivity index (χ1n) is 4.74. The van der Waals surface area contributed by atoms with Gasteiger partial charge < -0.3 is 10.5 Å². The Labute approximate surface area is 83.9 Å². The second-order valence-corrected chi connectivity index (χ2v) is 2.92. The summed E-state index contributed by atoms with van der Waals surface area (Å²) < 4.78 is 4.94. The molecule has 0 aliphatic carbocycles. The van der Waals surface area contributed by atoms with E-state index in [0.29, 0.717) is 25.1 Å². The van der Waals surface area contributed by atoms with Gasteiger partial charge in [-0.2, -0.15) is 0 Å². The maximum Gasteiger partial charge on any atom is 0.338 e. The van der Waals surface area contributed by atoms with E-state index >= 15 is 0 Å². The molecule has 1 aromatic carbocycles. The summed E-state index contributed by atoms with van der Waals surface area (Å²) in [7, 11) is 0. The van der Waals surface area contributed by atoms with Crippen LogP contribution in [0.3, 0.4) is 0 Å². The molecule has 0 aliphatic heterocycles. The SMILES string of the molecule is CCOC(=O)c1ccccc1CCN. The monoisotopic (exact) mass is 193 g/mol. The van der Waals surface area contributed by atoms with Gasteiger partial charge in [-0.3, -0.25) is 0 Å². The van der Waals surface area contributed by atoms with E-state index in [-0.39, 0.29) is 5.97 Å². The van der Waals surface area contributed by atoms with E-state index in [1.807, 2.05) is 18.2 Å². The third-order valence-corrected chi connectivity index (χ3v) is 1.93. The van der Waals surface area contributed by atoms with E-state index in [4.69, 9.17) is 10.5 Å². The topological polar surface area (TPSA) is 52.3 Å². The quantitative estimate of drug-likeness (QED) is 0.735. The zero-order valence-corrected chi connectivity index (χ0v) is 8.32. The number of benzene rings is 1. The Morgan fingerprint density at radius 2 is 2.14 bits per heavy atom. The highest BCUT2D eigenvalue weighted by molar-refractivity contribution is 5.91. The fraction of sp³-hybridized carbons (Fsp3) is 0.364. The largest absolute Gasteiger partial charge is 0.462 e. The maximum atomic E-state index is 11.5. The van der Waals surface area contributed by atoms with Crippen molar-refractivity contribution in [1.82, 2.24) is 0 Å². The van der Waals surface area contributed by atoms with E-state index in [2.05, 4.69) is 0 Å². The highest BCUT2D eigenvalue weighted by Crippen LogP contribution is 2.10. The Balaban J connectivity index is 2.88. The van der Waals surface area contributed by atoms with Crippen molar-refractivity contribution >= 4 is 5.97 Å². The van der Waals surface area contributed by atoms with Crippen LogP contribution in [-0.2, 0) is 11.2 Å². The number of rotatable bonds is 4. The Kier molecular flexibility index (Phi) is 4.13. The van der Waals surface area contributed by atoms with Crippen molar-refractivity contribution in [3.8, 4) is 0 Å². The highest BCUT2D eigenvalue weighted by Gasteiger charge is 2.10. The highest BCUT2D eigenvalue weighted by atomic mass is 16.5. The summed E-state index contributed by atoms with van der Waals surface area (Å²) in [5.74, 6) is -0.267. The number of hydrogen-bond donors (Lipinski definition) is 1. The van der Waals surface area contributed by atoms with Crippen LogP contribution in [0.1, 0.15) is 22.8 Å². The van der Waals surface area contributed by atoms with Gasteiger partial charge in [0.1, 0.15) is 0 Å². The van der Waals surface area contributed by atoms with Crippen molar-refractivity contribution in [2.75, 3.05) is 13.2 Å². The zero-order valence-electron chi connectivity index (χ0n) is 8.32. The normalized spacial score (nSPS) is 9.86. The summed E-state index contributed by atoms with van der Waals surface area (Å²) in [6.45, 7) is 2.73. The molecule has 1 aromatic rings. The van der Waals surface area contributed by atoms with Crippen molar-refractivity contribution in [2.45, 2.75) is 13.3 Å². The fourth-order valence-corrected chi connectivity index (χ4v) is 1.30. The van der Waals surface area contributed by atoms with Gasteiger partial charge in [0.25, 0.3) is 0 Å². The third kappa shape index (κ3) is 2.57. The number of esters is 1. The molecule has 0 aromatic heterocycles. The second kappa shape index (κ2) is 5.40. The van der Waals surface area contributed by atoms with Crippen LogP contribution >= 0.6 is 0 Å². The van der Waals surface area contributed by atoms with Crippen LogP contribution in [0.15, 0.2) is 24.3 Å². The van der Waals surface area contributed by atoms with Gasteiger partial charge in [-0.05, 0) is 31.5 Å². The Hall–Kier alpha value is -1.35. The summed E-state index contributed by atoms with van der Waals surface area (Å²) in [5, 5.41) is 0. The average Bonchev–Trinajstić information content (AvgIpc) is 2.19. The molecule has 1 rings (SSSR count). The standard InChI is InChI=1S/C11H15NO2/c1-2-14-11(13)10-6-4-3-5-9(10)7-8-12/h3-6H,2,7-8,12H2,1H3. The summed E-state index contributed by atoms with van der Waals surface area (Å²) in [4.78, 5) is 11.5. The lowest BCUT2D eigenvalue weighted by Crippen LogP contribution is -2.11. The zero-order chi connectivity index (χ0) is 10.4. The fourth-order valence-electron chi connectivity index (χ4n) is 1.30. The molecule has 0 heterocycles. The molecule has 2 N–H and O–H groups in total. The van der Waals surface area contributed by atoms with E-state index < -0.39 is 0 Å². The second-order valence-electron chi connectivity index (χ2n) is 2.92. The molecule has 0 aliphatic rings. The minimum absolute atomic E-state index is 0.267. The maximum absolute atomic E-state index is 11.5. The molecule has 3 heteroatoms. The molecule has 0 bridgehead atoms. The van der Waals surface area contributed by atoms with Crippen LogP contribution in [0, 0.1) is 0 Å². The number of carbonyl (C=O) groups excluding carboxylic acids is 1. The lowest BCUT2D eigenvalue weighted by atomic mass is 10.1. The molecule has 0 radical (unpaired) electrons. The van der Waals surface area contributed by atoms with Gasteiger partial charge in [0.05, 0.1) is 12.2 Å². The summed E-state index contributed by atoms with van der Waals surface area (Å²) in [5.41, 5.74) is 7.03. The van der Waals surface area contributed by atoms with Gasteiger partial charge in [-0.15, -0.1) is 0 Å². The van der Waals surface area contributed by atoms with Crippen molar-refractivity contribution in [1.29, 1.82) is 0 Å². The molecule has 14 heavy (non-hydrogen) atoms. The van der Waals surface area contributed by atoms with Crippen LogP contribution < -0.4 is 5.73 Å². The summed E-state index contributed by atoms with van der Waals surface area (Å²) in [6, 6.07) is 7.39. The lowest BCUT2D eigenvalue weighted by Gasteiger charge is -2.06. The molecule has 0 spiro atoms. The summed E-state index contributed by atoms with van der Waals surface area (Å²) in [6.07, 6.45) is 0.703. The predicted octanol–water partition coefficient (Wildman–Crippen LogP) is 1.36. The minimum atomic E-state index is -0.267. The van der Waals surface area contributed by atoms with Crippen molar-refractivity contribution in [3.05, 3.63) is 35.4 Å². The molecule has 0 saturated heterocycles.